The molecule has 2 aliphatic heterocycles. The van der Waals surface area contributed by atoms with Crippen LogP contribution in [0.2, 0.25) is 0 Å². The number of rotatable bonds is 14. The molecular formula is C22H40O12. The van der Waals surface area contributed by atoms with Crippen molar-refractivity contribution in [1.29, 1.82) is 0 Å². The van der Waals surface area contributed by atoms with Gasteiger partial charge in [-0.25, -0.2) is 0 Å². The zero-order valence-electron chi connectivity index (χ0n) is 19.6. The van der Waals surface area contributed by atoms with E-state index in [2.05, 4.69) is 4.74 Å². The van der Waals surface area contributed by atoms with Crippen LogP contribution in [0.4, 0.5) is 0 Å². The minimum Gasteiger partial charge on any atom is -0.469 e. The Morgan fingerprint density at radius 2 is 1.44 bits per heavy atom. The maximum absolute atomic E-state index is 11.1. The van der Waals surface area contributed by atoms with Crippen molar-refractivity contribution in [1.82, 2.24) is 0 Å². The number of ether oxygens (including phenoxy) is 5. The van der Waals surface area contributed by atoms with Crippen molar-refractivity contribution in [2.45, 2.75) is 107 Å². The molecule has 0 amide bonds. The lowest BCUT2D eigenvalue weighted by Crippen LogP contribution is -2.62. The fourth-order valence-electron chi connectivity index (χ4n) is 4.02. The molecule has 6 N–H and O–H groups in total. The highest BCUT2D eigenvalue weighted by atomic mass is 16.8. The number of carbonyl (C=O) groups excluding carboxylic acids is 1. The molecule has 0 unspecified atom stereocenters. The maximum atomic E-state index is 11.1. The second-order valence-corrected chi connectivity index (χ2v) is 8.72. The number of aliphatic hydroxyl groups is 6. The molecule has 2 saturated heterocycles. The Morgan fingerprint density at radius 3 is 2.09 bits per heavy atom. The fraction of sp³-hybridized carbons (Fsp3) is 0.955. The van der Waals surface area contributed by atoms with Crippen LogP contribution in [-0.2, 0) is 28.5 Å². The van der Waals surface area contributed by atoms with Gasteiger partial charge in [0.15, 0.2) is 12.6 Å². The van der Waals surface area contributed by atoms with E-state index in [1.807, 2.05) is 0 Å². The number of esters is 1. The van der Waals surface area contributed by atoms with Gasteiger partial charge in [-0.1, -0.05) is 25.7 Å². The molecule has 0 aromatic carbocycles. The summed E-state index contributed by atoms with van der Waals surface area (Å²) in [5.74, 6) is -0.208. The minimum atomic E-state index is -1.50. The predicted molar refractivity (Wildman–Crippen MR) is 115 cm³/mol. The Hall–Kier alpha value is -0.930. The van der Waals surface area contributed by atoms with Gasteiger partial charge in [0.05, 0.1) is 26.4 Å². The Bertz CT molecular complexity index is 578. The quantitative estimate of drug-likeness (QED) is 0.122. The third-order valence-electron chi connectivity index (χ3n) is 6.12. The lowest BCUT2D eigenvalue weighted by molar-refractivity contribution is -0.357. The van der Waals surface area contributed by atoms with E-state index < -0.39 is 68.5 Å². The molecule has 0 saturated carbocycles. The van der Waals surface area contributed by atoms with Crippen LogP contribution in [0.1, 0.15) is 51.4 Å². The van der Waals surface area contributed by atoms with Gasteiger partial charge in [-0.05, 0) is 12.8 Å². The summed E-state index contributed by atoms with van der Waals surface area (Å²) < 4.78 is 27.0. The summed E-state index contributed by atoms with van der Waals surface area (Å²) in [4.78, 5) is 11.1. The van der Waals surface area contributed by atoms with Crippen LogP contribution >= 0.6 is 0 Å². The van der Waals surface area contributed by atoms with Crippen LogP contribution < -0.4 is 0 Å². The van der Waals surface area contributed by atoms with Crippen LogP contribution in [0.15, 0.2) is 0 Å². The second-order valence-electron chi connectivity index (χ2n) is 8.72. The van der Waals surface area contributed by atoms with Gasteiger partial charge in [0.25, 0.3) is 0 Å². The summed E-state index contributed by atoms with van der Waals surface area (Å²) in [7, 11) is 1.37. The van der Waals surface area contributed by atoms with Gasteiger partial charge in [0.1, 0.15) is 36.6 Å². The van der Waals surface area contributed by atoms with Crippen molar-refractivity contribution in [3.63, 3.8) is 0 Å². The van der Waals surface area contributed by atoms with Crippen LogP contribution in [-0.4, -0.2) is 119 Å². The van der Waals surface area contributed by atoms with Crippen molar-refractivity contribution in [3.05, 3.63) is 0 Å². The average Bonchev–Trinajstić information content (AvgIpc) is 2.83. The lowest BCUT2D eigenvalue weighted by atomic mass is 9.98. The Kier molecular flexibility index (Phi) is 13.1. The van der Waals surface area contributed by atoms with E-state index in [0.717, 1.165) is 32.1 Å². The molecule has 12 nitrogen and oxygen atoms in total. The van der Waals surface area contributed by atoms with E-state index in [4.69, 9.17) is 18.9 Å². The predicted octanol–water partition coefficient (Wildman–Crippen LogP) is -1.44. The molecular weight excluding hydrogens is 456 g/mol. The second kappa shape index (κ2) is 15.2. The van der Waals surface area contributed by atoms with Gasteiger partial charge >= 0.3 is 5.97 Å². The Balaban J connectivity index is 1.82. The summed E-state index contributed by atoms with van der Waals surface area (Å²) in [5.41, 5.74) is 0. The molecule has 2 aliphatic rings. The molecule has 0 aliphatic carbocycles. The highest BCUT2D eigenvalue weighted by molar-refractivity contribution is 5.68. The number of hydrogen-bond donors (Lipinski definition) is 6. The monoisotopic (exact) mass is 496 g/mol. The molecule has 0 aromatic rings. The first kappa shape index (κ1) is 29.3. The zero-order valence-corrected chi connectivity index (χ0v) is 19.6. The first-order chi connectivity index (χ1) is 16.3. The van der Waals surface area contributed by atoms with E-state index in [-0.39, 0.29) is 19.0 Å². The summed E-state index contributed by atoms with van der Waals surface area (Å²) in [5, 5.41) is 59.7. The Morgan fingerprint density at radius 1 is 0.824 bits per heavy atom. The first-order valence-corrected chi connectivity index (χ1v) is 11.9. The molecule has 200 valence electrons. The number of carbonyl (C=O) groups is 1. The molecule has 0 bridgehead atoms. The van der Waals surface area contributed by atoms with Gasteiger partial charge in [0, 0.05) is 19.4 Å². The third-order valence-corrected chi connectivity index (χ3v) is 6.12. The summed E-state index contributed by atoms with van der Waals surface area (Å²) in [6.07, 6.45) is -5.54. The number of unbranched alkanes of at least 4 members (excludes halogenated alkanes) is 5. The van der Waals surface area contributed by atoms with Crippen molar-refractivity contribution >= 4 is 5.97 Å². The van der Waals surface area contributed by atoms with Crippen molar-refractivity contribution in [2.75, 3.05) is 26.9 Å². The highest BCUT2D eigenvalue weighted by Crippen LogP contribution is 2.29. The molecule has 0 aromatic heterocycles. The minimum absolute atomic E-state index is 0.105. The Labute approximate surface area is 199 Å². The van der Waals surface area contributed by atoms with Crippen molar-refractivity contribution in [2.24, 2.45) is 0 Å². The van der Waals surface area contributed by atoms with Gasteiger partial charge in [-0.3, -0.25) is 4.79 Å². The summed E-state index contributed by atoms with van der Waals surface area (Å²) in [6, 6.07) is 0. The van der Waals surface area contributed by atoms with E-state index in [1.54, 1.807) is 0 Å². The standard InChI is InChI=1S/C22H40O12/c1-30-17(27)8-6-4-2-3-5-7-9-31-22-20(19(29)18(28)16(12-24)33-22)34-21-14(26)10-13(25)15(11-23)32-21/h13-16,18-26,28-29H,2-12H2,1H3/t13-,14+,15+,16+,18+,19-,20+,21+,22-/m0/s1. The van der Waals surface area contributed by atoms with Crippen LogP contribution in [0.25, 0.3) is 0 Å². The van der Waals surface area contributed by atoms with Crippen molar-refractivity contribution in [3.8, 4) is 0 Å². The number of methoxy groups -OCH3 is 1. The highest BCUT2D eigenvalue weighted by Gasteiger charge is 2.48. The molecule has 12 heteroatoms. The maximum Gasteiger partial charge on any atom is 0.305 e. The van der Waals surface area contributed by atoms with E-state index >= 15 is 0 Å². The van der Waals surface area contributed by atoms with Crippen LogP contribution in [0.3, 0.4) is 0 Å². The number of hydrogen-bond acceptors (Lipinski definition) is 12. The molecule has 2 heterocycles. The zero-order chi connectivity index (χ0) is 25.1. The lowest BCUT2D eigenvalue weighted by Gasteiger charge is -2.45. The van der Waals surface area contributed by atoms with Gasteiger partial charge < -0.3 is 54.3 Å². The summed E-state index contributed by atoms with van der Waals surface area (Å²) >= 11 is 0. The first-order valence-electron chi connectivity index (χ1n) is 11.9. The van der Waals surface area contributed by atoms with Gasteiger partial charge in [-0.15, -0.1) is 0 Å². The van der Waals surface area contributed by atoms with E-state index in [1.165, 1.54) is 7.11 Å². The van der Waals surface area contributed by atoms with Gasteiger partial charge in [0.2, 0.25) is 0 Å². The van der Waals surface area contributed by atoms with Crippen LogP contribution in [0, 0.1) is 0 Å². The fourth-order valence-corrected chi connectivity index (χ4v) is 4.02. The molecule has 34 heavy (non-hydrogen) atoms. The van der Waals surface area contributed by atoms with E-state index in [9.17, 15) is 35.4 Å². The SMILES string of the molecule is COC(=O)CCCCCCCCO[C@H]1O[C@H](CO)[C@@H](O)[C@H](O)[C@H]1O[C@H]1O[C@H](CO)[C@@H](O)C[C@H]1O. The smallest absolute Gasteiger partial charge is 0.305 e. The van der Waals surface area contributed by atoms with Crippen LogP contribution in [0.5, 0.6) is 0 Å². The molecule has 2 rings (SSSR count). The topological polar surface area (TPSA) is 185 Å². The largest absolute Gasteiger partial charge is 0.469 e. The molecule has 0 radical (unpaired) electrons. The molecule has 9 atom stereocenters. The van der Waals surface area contributed by atoms with E-state index in [0.29, 0.717) is 12.8 Å². The normalized spacial score (nSPS) is 36.4. The average molecular weight is 497 g/mol. The van der Waals surface area contributed by atoms with Crippen molar-refractivity contribution < 1.29 is 59.1 Å². The molecule has 0 spiro atoms. The summed E-state index contributed by atoms with van der Waals surface area (Å²) in [6.45, 7) is -0.771. The third kappa shape index (κ3) is 8.63. The number of aliphatic hydroxyl groups excluding tert-OH is 6. The molecule has 2 fully saturated rings. The van der Waals surface area contributed by atoms with Gasteiger partial charge in [-0.2, -0.15) is 0 Å².